The highest BCUT2D eigenvalue weighted by Gasteiger charge is 2.41. The van der Waals surface area contributed by atoms with Gasteiger partial charge in [-0.05, 0) is 72.7 Å². The Morgan fingerprint density at radius 1 is 0.680 bits per heavy atom. The molecule has 4 atom stereocenters. The van der Waals surface area contributed by atoms with Gasteiger partial charge in [0, 0.05) is 12.1 Å². The highest BCUT2D eigenvalue weighted by Crippen LogP contribution is 2.49. The predicted molar refractivity (Wildman–Crippen MR) is 107 cm³/mol. The van der Waals surface area contributed by atoms with E-state index in [2.05, 4.69) is 58.0 Å². The predicted octanol–water partition coefficient (Wildman–Crippen LogP) is 4.79. The summed E-state index contributed by atoms with van der Waals surface area (Å²) >= 11 is 0. The fourth-order valence-corrected chi connectivity index (χ4v) is 6.04. The molecular weight excluding hydrogens is 304 g/mol. The summed E-state index contributed by atoms with van der Waals surface area (Å²) in [6.45, 7) is 9.43. The Hall–Kier alpha value is -0.860. The molecule has 2 saturated carbocycles. The van der Waals surface area contributed by atoms with Crippen LogP contribution >= 0.6 is 0 Å². The zero-order valence-electron chi connectivity index (χ0n) is 16.6. The van der Waals surface area contributed by atoms with Crippen LogP contribution in [0.25, 0.3) is 0 Å². The normalized spacial score (nSPS) is 43.6. The summed E-state index contributed by atoms with van der Waals surface area (Å²) in [6, 6.07) is 12.0. The van der Waals surface area contributed by atoms with Crippen molar-refractivity contribution in [3.63, 3.8) is 0 Å². The molecular formula is C23H38N2. The molecule has 1 aromatic carbocycles. The third-order valence-corrected chi connectivity index (χ3v) is 7.53. The van der Waals surface area contributed by atoms with Crippen molar-refractivity contribution in [1.82, 2.24) is 0 Å². The lowest BCUT2D eigenvalue weighted by molar-refractivity contribution is 0.0942. The Bertz CT molecular complexity index is 488. The Balaban J connectivity index is 1.89. The van der Waals surface area contributed by atoms with Gasteiger partial charge in [-0.3, -0.25) is 0 Å². The maximum absolute atomic E-state index is 6.45. The van der Waals surface area contributed by atoms with Crippen molar-refractivity contribution in [3.05, 3.63) is 35.9 Å². The van der Waals surface area contributed by atoms with Crippen LogP contribution in [0.2, 0.25) is 0 Å². The first-order chi connectivity index (χ1) is 11.9. The van der Waals surface area contributed by atoms with Gasteiger partial charge in [0.05, 0.1) is 0 Å². The Morgan fingerprint density at radius 2 is 1.04 bits per heavy atom. The zero-order chi connectivity index (χ0) is 18.1. The first-order valence-corrected chi connectivity index (χ1v) is 10.4. The molecule has 0 heterocycles. The molecule has 140 valence electrons. The molecule has 4 N–H and O–H groups in total. The van der Waals surface area contributed by atoms with E-state index in [0.29, 0.717) is 41.7 Å². The maximum Gasteiger partial charge on any atom is 0.00905 e. The second-order valence-corrected chi connectivity index (χ2v) is 9.46. The minimum Gasteiger partial charge on any atom is -0.327 e. The fraction of sp³-hybridized carbons (Fsp3) is 0.739. The molecule has 0 radical (unpaired) electrons. The zero-order valence-corrected chi connectivity index (χ0v) is 16.6. The van der Waals surface area contributed by atoms with Crippen LogP contribution < -0.4 is 11.5 Å². The SMILES string of the molecule is CC1CC(C(c2ccccc2)C2CC(C)C(N)C(C)C2)CC(C)C1N. The Morgan fingerprint density at radius 3 is 1.40 bits per heavy atom. The number of nitrogens with two attached hydrogens (primary N) is 2. The molecule has 25 heavy (non-hydrogen) atoms. The second kappa shape index (κ2) is 7.80. The van der Waals surface area contributed by atoms with Crippen LogP contribution in [-0.2, 0) is 0 Å². The highest BCUT2D eigenvalue weighted by atomic mass is 14.7. The minimum absolute atomic E-state index is 0.366. The summed E-state index contributed by atoms with van der Waals surface area (Å²) in [7, 11) is 0. The van der Waals surface area contributed by atoms with Gasteiger partial charge in [-0.15, -0.1) is 0 Å². The molecule has 2 nitrogen and oxygen atoms in total. The molecule has 0 spiro atoms. The molecule has 0 saturated heterocycles. The van der Waals surface area contributed by atoms with Crippen LogP contribution in [0, 0.1) is 35.5 Å². The molecule has 2 heteroatoms. The minimum atomic E-state index is 0.366. The second-order valence-electron chi connectivity index (χ2n) is 9.46. The third kappa shape index (κ3) is 3.95. The van der Waals surface area contributed by atoms with Crippen molar-refractivity contribution in [2.24, 2.45) is 47.0 Å². The standard InChI is InChI=1S/C23H38N2/c1-14-10-19(11-15(2)22(14)24)21(18-8-6-5-7-9-18)20-12-16(3)23(25)17(4)13-20/h5-9,14-17,19-23H,10-13,24-25H2,1-4H3. The van der Waals surface area contributed by atoms with Crippen molar-refractivity contribution < 1.29 is 0 Å². The van der Waals surface area contributed by atoms with Crippen LogP contribution in [0.1, 0.15) is 64.9 Å². The lowest BCUT2D eigenvalue weighted by atomic mass is 9.60. The number of hydrogen-bond acceptors (Lipinski definition) is 2. The lowest BCUT2D eigenvalue weighted by Gasteiger charge is -2.47. The summed E-state index contributed by atoms with van der Waals surface area (Å²) in [5.74, 6) is 4.68. The van der Waals surface area contributed by atoms with Gasteiger partial charge in [0.1, 0.15) is 0 Å². The van der Waals surface area contributed by atoms with Gasteiger partial charge in [0.2, 0.25) is 0 Å². The van der Waals surface area contributed by atoms with E-state index >= 15 is 0 Å². The maximum atomic E-state index is 6.45. The number of hydrogen-bond donors (Lipinski definition) is 2. The first-order valence-electron chi connectivity index (χ1n) is 10.4. The van der Waals surface area contributed by atoms with Crippen molar-refractivity contribution in [2.45, 2.75) is 71.4 Å². The summed E-state index contributed by atoms with van der Waals surface area (Å²) in [5, 5.41) is 0. The quantitative estimate of drug-likeness (QED) is 0.830. The van der Waals surface area contributed by atoms with Gasteiger partial charge < -0.3 is 11.5 Å². The van der Waals surface area contributed by atoms with Gasteiger partial charge in [-0.1, -0.05) is 58.0 Å². The molecule has 0 aliphatic heterocycles. The molecule has 2 fully saturated rings. The van der Waals surface area contributed by atoms with Gasteiger partial charge in [-0.25, -0.2) is 0 Å². The van der Waals surface area contributed by atoms with Crippen molar-refractivity contribution >= 4 is 0 Å². The van der Waals surface area contributed by atoms with Crippen molar-refractivity contribution in [3.8, 4) is 0 Å². The Kier molecular flexibility index (Phi) is 5.90. The number of benzene rings is 1. The van der Waals surface area contributed by atoms with E-state index in [9.17, 15) is 0 Å². The smallest absolute Gasteiger partial charge is 0.00905 e. The van der Waals surface area contributed by atoms with Gasteiger partial charge in [0.15, 0.2) is 0 Å². The van der Waals surface area contributed by atoms with E-state index in [0.717, 1.165) is 11.8 Å². The summed E-state index contributed by atoms with van der Waals surface area (Å²) in [4.78, 5) is 0. The third-order valence-electron chi connectivity index (χ3n) is 7.53. The van der Waals surface area contributed by atoms with Crippen LogP contribution in [-0.4, -0.2) is 12.1 Å². The average molecular weight is 343 g/mol. The van der Waals surface area contributed by atoms with Crippen LogP contribution in [0.5, 0.6) is 0 Å². The highest BCUT2D eigenvalue weighted by molar-refractivity contribution is 5.22. The molecule has 1 aromatic rings. The lowest BCUT2D eigenvalue weighted by Crippen LogP contribution is -2.46. The van der Waals surface area contributed by atoms with Crippen LogP contribution in [0.4, 0.5) is 0 Å². The van der Waals surface area contributed by atoms with E-state index in [1.807, 2.05) is 0 Å². The molecule has 2 aliphatic carbocycles. The Labute approximate surface area is 154 Å². The number of rotatable bonds is 3. The van der Waals surface area contributed by atoms with Gasteiger partial charge in [-0.2, -0.15) is 0 Å². The molecule has 2 aliphatic rings. The monoisotopic (exact) mass is 342 g/mol. The van der Waals surface area contributed by atoms with E-state index in [-0.39, 0.29) is 0 Å². The van der Waals surface area contributed by atoms with E-state index in [4.69, 9.17) is 11.5 Å². The first kappa shape index (κ1) is 18.9. The van der Waals surface area contributed by atoms with Crippen LogP contribution in [0.15, 0.2) is 30.3 Å². The summed E-state index contributed by atoms with van der Waals surface area (Å²) in [6.07, 6.45) is 5.10. The van der Waals surface area contributed by atoms with Crippen molar-refractivity contribution in [1.29, 1.82) is 0 Å². The summed E-state index contributed by atoms with van der Waals surface area (Å²) < 4.78 is 0. The van der Waals surface area contributed by atoms with Crippen molar-refractivity contribution in [2.75, 3.05) is 0 Å². The fourth-order valence-electron chi connectivity index (χ4n) is 6.04. The molecule has 0 bridgehead atoms. The molecule has 3 rings (SSSR count). The molecule has 0 amide bonds. The molecule has 4 unspecified atom stereocenters. The van der Waals surface area contributed by atoms with Gasteiger partial charge >= 0.3 is 0 Å². The van der Waals surface area contributed by atoms with E-state index in [1.165, 1.54) is 25.7 Å². The van der Waals surface area contributed by atoms with Crippen LogP contribution in [0.3, 0.4) is 0 Å². The average Bonchev–Trinajstić information content (AvgIpc) is 2.58. The van der Waals surface area contributed by atoms with E-state index in [1.54, 1.807) is 5.56 Å². The van der Waals surface area contributed by atoms with Gasteiger partial charge in [0.25, 0.3) is 0 Å². The topological polar surface area (TPSA) is 52.0 Å². The largest absolute Gasteiger partial charge is 0.327 e. The van der Waals surface area contributed by atoms with E-state index < -0.39 is 0 Å². The summed E-state index contributed by atoms with van der Waals surface area (Å²) in [5.41, 5.74) is 14.4. The molecule has 0 aromatic heterocycles.